The number of hydrogen-bond acceptors (Lipinski definition) is 3. The summed E-state index contributed by atoms with van der Waals surface area (Å²) in [6.07, 6.45) is 3.81. The number of imidazole rings is 1. The molecule has 1 aliphatic rings. The van der Waals surface area contributed by atoms with Crippen LogP contribution in [0.1, 0.15) is 34.3 Å². The van der Waals surface area contributed by atoms with Gasteiger partial charge in [-0.15, -0.1) is 0 Å². The van der Waals surface area contributed by atoms with Crippen molar-refractivity contribution in [1.29, 1.82) is 0 Å². The van der Waals surface area contributed by atoms with Crippen LogP contribution in [0, 0.1) is 0 Å². The predicted molar refractivity (Wildman–Crippen MR) is 127 cm³/mol. The molecule has 1 aliphatic heterocycles. The van der Waals surface area contributed by atoms with Crippen molar-refractivity contribution in [3.63, 3.8) is 0 Å². The molecule has 0 atom stereocenters. The molecule has 4 aromatic rings. The van der Waals surface area contributed by atoms with E-state index >= 15 is 0 Å². The van der Waals surface area contributed by atoms with E-state index in [2.05, 4.69) is 62.2 Å². The molecule has 0 spiro atoms. The highest BCUT2D eigenvalue weighted by molar-refractivity contribution is 5.97. The van der Waals surface area contributed by atoms with Gasteiger partial charge in [0, 0.05) is 37.8 Å². The molecule has 0 unspecified atom stereocenters. The Balaban J connectivity index is 1.18. The maximum Gasteiger partial charge on any atom is 0.251 e. The van der Waals surface area contributed by atoms with Gasteiger partial charge in [0.25, 0.3) is 5.91 Å². The van der Waals surface area contributed by atoms with Gasteiger partial charge in [-0.2, -0.15) is 0 Å². The van der Waals surface area contributed by atoms with Crippen molar-refractivity contribution in [2.24, 2.45) is 0 Å². The predicted octanol–water partition coefficient (Wildman–Crippen LogP) is 4.48. The Kier molecular flexibility index (Phi) is 5.99. The molecule has 3 aromatic carbocycles. The number of carbonyl (C=O) groups excluding carboxylic acids is 1. The van der Waals surface area contributed by atoms with Crippen LogP contribution < -0.4 is 5.32 Å². The number of carbonyl (C=O) groups is 1. The first-order chi connectivity index (χ1) is 15.7. The Bertz CT molecular complexity index is 1180. The number of hydrogen-bond donors (Lipinski definition) is 1. The Hall–Kier alpha value is -3.44. The molecule has 162 valence electrons. The summed E-state index contributed by atoms with van der Waals surface area (Å²) in [5.41, 5.74) is 5.14. The molecule has 0 saturated carbocycles. The fourth-order valence-electron chi connectivity index (χ4n) is 4.46. The van der Waals surface area contributed by atoms with Gasteiger partial charge < -0.3 is 9.88 Å². The molecule has 1 saturated heterocycles. The van der Waals surface area contributed by atoms with Crippen LogP contribution >= 0.6 is 0 Å². The van der Waals surface area contributed by atoms with Crippen LogP contribution in [0.4, 0.5) is 0 Å². The van der Waals surface area contributed by atoms with Gasteiger partial charge in [-0.25, -0.2) is 4.98 Å². The van der Waals surface area contributed by atoms with E-state index in [1.165, 1.54) is 11.1 Å². The highest BCUT2D eigenvalue weighted by Crippen LogP contribution is 2.18. The molecule has 2 heterocycles. The Morgan fingerprint density at radius 1 is 0.875 bits per heavy atom. The molecule has 0 radical (unpaired) electrons. The van der Waals surface area contributed by atoms with Crippen LogP contribution in [0.15, 0.2) is 85.2 Å². The lowest BCUT2D eigenvalue weighted by atomic mass is 10.0. The van der Waals surface area contributed by atoms with Crippen LogP contribution in [0.3, 0.4) is 0 Å². The van der Waals surface area contributed by atoms with Crippen LogP contribution in [0.25, 0.3) is 11.0 Å². The van der Waals surface area contributed by atoms with Gasteiger partial charge in [-0.05, 0) is 42.2 Å². The van der Waals surface area contributed by atoms with Crippen molar-refractivity contribution >= 4 is 16.9 Å². The zero-order valence-electron chi connectivity index (χ0n) is 18.2. The summed E-state index contributed by atoms with van der Waals surface area (Å²) < 4.78 is 2.12. The average molecular weight is 425 g/mol. The molecule has 5 rings (SSSR count). The second-order valence-corrected chi connectivity index (χ2v) is 8.57. The van der Waals surface area contributed by atoms with E-state index in [-0.39, 0.29) is 11.9 Å². The molecule has 1 amide bonds. The van der Waals surface area contributed by atoms with Crippen molar-refractivity contribution in [3.8, 4) is 0 Å². The lowest BCUT2D eigenvalue weighted by molar-refractivity contribution is 0.0909. The molecule has 32 heavy (non-hydrogen) atoms. The van der Waals surface area contributed by atoms with Crippen molar-refractivity contribution in [3.05, 3.63) is 102 Å². The lowest BCUT2D eigenvalue weighted by Gasteiger charge is -2.32. The maximum absolute atomic E-state index is 12.9. The van der Waals surface area contributed by atoms with Gasteiger partial charge in [0.1, 0.15) is 0 Å². The van der Waals surface area contributed by atoms with Gasteiger partial charge in [-0.1, -0.05) is 60.7 Å². The van der Waals surface area contributed by atoms with Crippen LogP contribution in [0.2, 0.25) is 0 Å². The minimum atomic E-state index is -0.00832. The highest BCUT2D eigenvalue weighted by Gasteiger charge is 2.21. The van der Waals surface area contributed by atoms with E-state index in [0.29, 0.717) is 5.56 Å². The maximum atomic E-state index is 12.9. The quantitative estimate of drug-likeness (QED) is 0.497. The van der Waals surface area contributed by atoms with Gasteiger partial charge in [-0.3, -0.25) is 9.69 Å². The normalized spacial score (nSPS) is 15.1. The number of nitrogens with zero attached hydrogens (tertiary/aromatic N) is 3. The summed E-state index contributed by atoms with van der Waals surface area (Å²) in [7, 11) is 0. The van der Waals surface area contributed by atoms with Gasteiger partial charge >= 0.3 is 0 Å². The number of nitrogens with one attached hydrogen (secondary N) is 1. The van der Waals surface area contributed by atoms with Gasteiger partial charge in [0.2, 0.25) is 0 Å². The Morgan fingerprint density at radius 2 is 1.53 bits per heavy atom. The summed E-state index contributed by atoms with van der Waals surface area (Å²) >= 11 is 0. The van der Waals surface area contributed by atoms with E-state index in [1.54, 1.807) is 0 Å². The second kappa shape index (κ2) is 9.37. The van der Waals surface area contributed by atoms with Crippen LogP contribution in [-0.2, 0) is 13.1 Å². The third-order valence-corrected chi connectivity index (χ3v) is 6.25. The number of fused-ring (bicyclic) bond motifs is 1. The first-order valence-electron chi connectivity index (χ1n) is 11.3. The van der Waals surface area contributed by atoms with E-state index in [1.807, 2.05) is 42.7 Å². The zero-order valence-corrected chi connectivity index (χ0v) is 18.2. The third-order valence-electron chi connectivity index (χ3n) is 6.25. The number of amides is 1. The largest absolute Gasteiger partial charge is 0.349 e. The lowest BCUT2D eigenvalue weighted by Crippen LogP contribution is -2.44. The first kappa shape index (κ1) is 20.5. The number of aromatic nitrogens is 2. The molecule has 1 fully saturated rings. The monoisotopic (exact) mass is 424 g/mol. The van der Waals surface area contributed by atoms with Crippen LogP contribution in [0.5, 0.6) is 0 Å². The summed E-state index contributed by atoms with van der Waals surface area (Å²) in [5, 5.41) is 3.23. The van der Waals surface area contributed by atoms with Gasteiger partial charge in [0.05, 0.1) is 17.4 Å². The molecular weight excluding hydrogens is 396 g/mol. The Labute approximate surface area is 188 Å². The molecule has 1 aromatic heterocycles. The highest BCUT2D eigenvalue weighted by atomic mass is 16.1. The average Bonchev–Trinajstić information content (AvgIpc) is 3.23. The molecule has 0 bridgehead atoms. The van der Waals surface area contributed by atoms with E-state index < -0.39 is 0 Å². The van der Waals surface area contributed by atoms with Crippen molar-refractivity contribution in [1.82, 2.24) is 19.8 Å². The number of benzene rings is 3. The molecule has 1 N–H and O–H groups in total. The van der Waals surface area contributed by atoms with Gasteiger partial charge in [0.15, 0.2) is 0 Å². The summed E-state index contributed by atoms with van der Waals surface area (Å²) in [5.74, 6) is -0.00832. The van der Waals surface area contributed by atoms with Crippen molar-refractivity contribution in [2.45, 2.75) is 32.0 Å². The zero-order chi connectivity index (χ0) is 21.8. The summed E-state index contributed by atoms with van der Waals surface area (Å²) in [4.78, 5) is 19.9. The van der Waals surface area contributed by atoms with E-state index in [4.69, 9.17) is 0 Å². The number of piperidine rings is 1. The Morgan fingerprint density at radius 3 is 2.22 bits per heavy atom. The first-order valence-corrected chi connectivity index (χ1v) is 11.3. The molecular formula is C27H28N4O. The second-order valence-electron chi connectivity index (χ2n) is 8.57. The van der Waals surface area contributed by atoms with Crippen LogP contribution in [-0.4, -0.2) is 39.5 Å². The minimum absolute atomic E-state index is 0.00832. The van der Waals surface area contributed by atoms with E-state index in [9.17, 15) is 4.79 Å². The number of likely N-dealkylation sites (tertiary alicyclic amines) is 1. The molecule has 5 nitrogen and oxygen atoms in total. The topological polar surface area (TPSA) is 50.2 Å². The number of rotatable bonds is 6. The van der Waals surface area contributed by atoms with E-state index in [0.717, 1.165) is 50.1 Å². The van der Waals surface area contributed by atoms with Crippen molar-refractivity contribution < 1.29 is 4.79 Å². The standard InChI is InChI=1S/C27H28N4O/c32-27(29-24-13-15-30(16-14-24)18-21-7-3-1-4-8-21)23-11-12-26-25(17-23)28-20-31(26)19-22-9-5-2-6-10-22/h1-12,17,20,24H,13-16,18-19H2,(H,29,32). The fourth-order valence-corrected chi connectivity index (χ4v) is 4.46. The third kappa shape index (κ3) is 4.73. The molecule has 0 aliphatic carbocycles. The fraction of sp³-hybridized carbons (Fsp3) is 0.259. The smallest absolute Gasteiger partial charge is 0.251 e. The van der Waals surface area contributed by atoms with Crippen molar-refractivity contribution in [2.75, 3.05) is 13.1 Å². The summed E-state index contributed by atoms with van der Waals surface area (Å²) in [6.45, 7) is 3.75. The SMILES string of the molecule is O=C(NC1CCN(Cc2ccccc2)CC1)c1ccc2c(c1)ncn2Cc1ccccc1. The summed E-state index contributed by atoms with van der Waals surface area (Å²) in [6, 6.07) is 26.9. The minimum Gasteiger partial charge on any atom is -0.349 e. The molecule has 5 heteroatoms.